The third kappa shape index (κ3) is 5.45. The van der Waals surface area contributed by atoms with E-state index in [1.807, 2.05) is 49.4 Å². The molecule has 4 heteroatoms. The summed E-state index contributed by atoms with van der Waals surface area (Å²) in [6.45, 7) is 6.55. The number of carbonyl (C=O) groups excluding carboxylic acids is 2. The summed E-state index contributed by atoms with van der Waals surface area (Å²) in [6, 6.07) is 14.0. The molecule has 0 bridgehead atoms. The van der Waals surface area contributed by atoms with Gasteiger partial charge in [-0.25, -0.2) is 0 Å². The van der Waals surface area contributed by atoms with E-state index in [0.717, 1.165) is 40.8 Å². The zero-order valence-electron chi connectivity index (χ0n) is 15.2. The molecule has 2 N–H and O–H groups in total. The van der Waals surface area contributed by atoms with Crippen LogP contribution in [0, 0.1) is 6.92 Å². The molecule has 2 rings (SSSR count). The number of hydrogen-bond acceptors (Lipinski definition) is 2. The van der Waals surface area contributed by atoms with Crippen LogP contribution in [0.5, 0.6) is 0 Å². The molecule has 2 aromatic rings. The number of para-hydroxylation sites is 1. The van der Waals surface area contributed by atoms with Crippen LogP contribution in [-0.2, 0) is 29.0 Å². The Morgan fingerprint density at radius 1 is 0.920 bits per heavy atom. The van der Waals surface area contributed by atoms with Crippen molar-refractivity contribution in [3.05, 3.63) is 64.7 Å². The number of aryl methyl sites for hydroxylation is 3. The summed E-state index contributed by atoms with van der Waals surface area (Å²) in [5, 5.41) is 5.72. The Morgan fingerprint density at radius 2 is 1.56 bits per heavy atom. The maximum absolute atomic E-state index is 12.3. The minimum absolute atomic E-state index is 0.174. The molecule has 2 amide bonds. The Labute approximate surface area is 149 Å². The van der Waals surface area contributed by atoms with Gasteiger partial charge in [0.2, 0.25) is 11.8 Å². The van der Waals surface area contributed by atoms with Gasteiger partial charge in [0.1, 0.15) is 6.42 Å². The quantitative estimate of drug-likeness (QED) is 0.755. The predicted octanol–water partition coefficient (Wildman–Crippen LogP) is 3.76. The van der Waals surface area contributed by atoms with Crippen LogP contribution in [0.2, 0.25) is 0 Å². The van der Waals surface area contributed by atoms with E-state index >= 15 is 0 Å². The molecule has 0 heterocycles. The van der Waals surface area contributed by atoms with Crippen LogP contribution in [-0.4, -0.2) is 11.8 Å². The predicted molar refractivity (Wildman–Crippen MR) is 101 cm³/mol. The van der Waals surface area contributed by atoms with Crippen molar-refractivity contribution in [1.29, 1.82) is 0 Å². The van der Waals surface area contributed by atoms with Gasteiger partial charge in [-0.1, -0.05) is 61.9 Å². The van der Waals surface area contributed by atoms with Crippen LogP contribution in [0.3, 0.4) is 0 Å². The molecule has 0 saturated heterocycles. The van der Waals surface area contributed by atoms with Crippen LogP contribution < -0.4 is 10.6 Å². The fourth-order valence-corrected chi connectivity index (χ4v) is 2.82. The number of carbonyl (C=O) groups is 2. The highest BCUT2D eigenvalue weighted by Gasteiger charge is 2.13. The molecule has 0 saturated carbocycles. The number of hydrogen-bond donors (Lipinski definition) is 2. The largest absolute Gasteiger partial charge is 0.352 e. The molecule has 0 radical (unpaired) electrons. The maximum atomic E-state index is 12.3. The minimum Gasteiger partial charge on any atom is -0.352 e. The molecule has 0 aliphatic rings. The highest BCUT2D eigenvalue weighted by molar-refractivity contribution is 6.04. The molecule has 0 aliphatic carbocycles. The van der Waals surface area contributed by atoms with Crippen LogP contribution in [0.25, 0.3) is 0 Å². The van der Waals surface area contributed by atoms with Crippen LogP contribution in [0.15, 0.2) is 42.5 Å². The van der Waals surface area contributed by atoms with Crippen molar-refractivity contribution >= 4 is 17.5 Å². The molecule has 0 spiro atoms. The van der Waals surface area contributed by atoms with E-state index in [2.05, 4.69) is 24.5 Å². The normalized spacial score (nSPS) is 10.4. The van der Waals surface area contributed by atoms with E-state index < -0.39 is 0 Å². The van der Waals surface area contributed by atoms with Crippen molar-refractivity contribution < 1.29 is 9.59 Å². The SMILES string of the molecule is CCc1cccc(CC)c1NC(=O)CC(=O)NCc1cccc(C)c1. The van der Waals surface area contributed by atoms with Crippen molar-refractivity contribution in [2.24, 2.45) is 0 Å². The topological polar surface area (TPSA) is 58.2 Å². The molecule has 0 atom stereocenters. The van der Waals surface area contributed by atoms with E-state index in [1.165, 1.54) is 0 Å². The van der Waals surface area contributed by atoms with Gasteiger partial charge in [0.15, 0.2) is 0 Å². The molecule has 0 aromatic heterocycles. The first-order chi connectivity index (χ1) is 12.0. The number of rotatable bonds is 7. The summed E-state index contributed by atoms with van der Waals surface area (Å²) in [5.74, 6) is -0.552. The molecule has 2 aromatic carbocycles. The highest BCUT2D eigenvalue weighted by atomic mass is 16.2. The summed E-state index contributed by atoms with van der Waals surface area (Å²) in [5.41, 5.74) is 5.20. The van der Waals surface area contributed by atoms with Gasteiger partial charge in [-0.3, -0.25) is 9.59 Å². The molecule has 0 unspecified atom stereocenters. The minimum atomic E-state index is -0.280. The standard InChI is InChI=1S/C21H26N2O2/c1-4-17-10-7-11-18(5-2)21(17)23-20(25)13-19(24)22-14-16-9-6-8-15(3)12-16/h6-12H,4-5,13-14H2,1-3H3,(H,22,24)(H,23,25). The highest BCUT2D eigenvalue weighted by Crippen LogP contribution is 2.22. The van der Waals surface area contributed by atoms with Crippen molar-refractivity contribution in [1.82, 2.24) is 5.32 Å². The molecule has 4 nitrogen and oxygen atoms in total. The molecular weight excluding hydrogens is 312 g/mol. The first kappa shape index (κ1) is 18.7. The van der Waals surface area contributed by atoms with Gasteiger partial charge in [-0.15, -0.1) is 0 Å². The number of nitrogens with one attached hydrogen (secondary N) is 2. The van der Waals surface area contributed by atoms with Crippen LogP contribution in [0.4, 0.5) is 5.69 Å². The second-order valence-corrected chi connectivity index (χ2v) is 6.15. The van der Waals surface area contributed by atoms with Gasteiger partial charge in [-0.2, -0.15) is 0 Å². The van der Waals surface area contributed by atoms with Gasteiger partial charge < -0.3 is 10.6 Å². The van der Waals surface area contributed by atoms with Crippen LogP contribution in [0.1, 0.15) is 42.5 Å². The Balaban J connectivity index is 1.93. The van der Waals surface area contributed by atoms with Crippen molar-refractivity contribution in [3.63, 3.8) is 0 Å². The lowest BCUT2D eigenvalue weighted by Crippen LogP contribution is -2.28. The average Bonchev–Trinajstić information content (AvgIpc) is 2.60. The van der Waals surface area contributed by atoms with Crippen molar-refractivity contribution in [2.45, 2.75) is 46.6 Å². The lowest BCUT2D eigenvalue weighted by atomic mass is 10.0. The maximum Gasteiger partial charge on any atom is 0.233 e. The third-order valence-electron chi connectivity index (χ3n) is 4.16. The van der Waals surface area contributed by atoms with E-state index in [1.54, 1.807) is 0 Å². The summed E-state index contributed by atoms with van der Waals surface area (Å²) >= 11 is 0. The fourth-order valence-electron chi connectivity index (χ4n) is 2.82. The van der Waals surface area contributed by atoms with Gasteiger partial charge in [0, 0.05) is 12.2 Å². The van der Waals surface area contributed by atoms with E-state index in [0.29, 0.717) is 6.54 Å². The molecule has 0 aliphatic heterocycles. The molecular formula is C21H26N2O2. The average molecular weight is 338 g/mol. The second-order valence-electron chi connectivity index (χ2n) is 6.15. The molecule has 132 valence electrons. The van der Waals surface area contributed by atoms with Gasteiger partial charge in [-0.05, 0) is 36.5 Å². The summed E-state index contributed by atoms with van der Waals surface area (Å²) in [4.78, 5) is 24.3. The summed E-state index contributed by atoms with van der Waals surface area (Å²) in [7, 11) is 0. The number of amides is 2. The smallest absolute Gasteiger partial charge is 0.233 e. The zero-order chi connectivity index (χ0) is 18.2. The second kappa shape index (κ2) is 9.02. The van der Waals surface area contributed by atoms with E-state index in [9.17, 15) is 9.59 Å². The Kier molecular flexibility index (Phi) is 6.75. The number of anilines is 1. The lowest BCUT2D eigenvalue weighted by molar-refractivity contribution is -0.126. The van der Waals surface area contributed by atoms with Gasteiger partial charge in [0.05, 0.1) is 0 Å². The van der Waals surface area contributed by atoms with Gasteiger partial charge >= 0.3 is 0 Å². The monoisotopic (exact) mass is 338 g/mol. The summed E-state index contributed by atoms with van der Waals surface area (Å²) in [6.07, 6.45) is 1.50. The van der Waals surface area contributed by atoms with E-state index in [-0.39, 0.29) is 18.2 Å². The van der Waals surface area contributed by atoms with Crippen LogP contribution >= 0.6 is 0 Å². The Hall–Kier alpha value is -2.62. The van der Waals surface area contributed by atoms with Crippen molar-refractivity contribution in [2.75, 3.05) is 5.32 Å². The molecule has 25 heavy (non-hydrogen) atoms. The Morgan fingerprint density at radius 3 is 2.16 bits per heavy atom. The van der Waals surface area contributed by atoms with E-state index in [4.69, 9.17) is 0 Å². The van der Waals surface area contributed by atoms with Crippen molar-refractivity contribution in [3.8, 4) is 0 Å². The number of benzene rings is 2. The molecule has 0 fully saturated rings. The zero-order valence-corrected chi connectivity index (χ0v) is 15.2. The lowest BCUT2D eigenvalue weighted by Gasteiger charge is -2.14. The first-order valence-electron chi connectivity index (χ1n) is 8.76. The third-order valence-corrected chi connectivity index (χ3v) is 4.16. The Bertz CT molecular complexity index is 731. The summed E-state index contributed by atoms with van der Waals surface area (Å²) < 4.78 is 0. The fraction of sp³-hybridized carbons (Fsp3) is 0.333. The first-order valence-corrected chi connectivity index (χ1v) is 8.76. The van der Waals surface area contributed by atoms with Gasteiger partial charge in [0.25, 0.3) is 0 Å².